The summed E-state index contributed by atoms with van der Waals surface area (Å²) >= 11 is 0. The van der Waals surface area contributed by atoms with Crippen molar-refractivity contribution in [3.8, 4) is 5.75 Å². The van der Waals surface area contributed by atoms with Crippen molar-refractivity contribution in [2.45, 2.75) is 25.8 Å². The van der Waals surface area contributed by atoms with E-state index in [4.69, 9.17) is 9.84 Å². The Morgan fingerprint density at radius 2 is 1.96 bits per heavy atom. The van der Waals surface area contributed by atoms with Crippen LogP contribution in [0, 0.1) is 17.6 Å². The molecule has 7 heteroatoms. The molecule has 27 heavy (non-hydrogen) atoms. The number of aliphatic carboxylic acids is 1. The number of nitrogens with zero attached hydrogens (tertiary/aromatic N) is 2. The molecule has 0 aliphatic carbocycles. The molecule has 3 rings (SSSR count). The van der Waals surface area contributed by atoms with E-state index in [1.54, 1.807) is 11.2 Å². The van der Waals surface area contributed by atoms with Gasteiger partial charge in [-0.2, -0.15) is 5.10 Å². The minimum Gasteiger partial charge on any atom is -0.485 e. The van der Waals surface area contributed by atoms with Gasteiger partial charge in [0, 0.05) is 12.6 Å². The van der Waals surface area contributed by atoms with Gasteiger partial charge in [-0.3, -0.25) is 9.80 Å². The minimum absolute atomic E-state index is 0.0434. The highest BCUT2D eigenvalue weighted by Crippen LogP contribution is 2.27. The molecule has 0 aromatic heterocycles. The van der Waals surface area contributed by atoms with Crippen LogP contribution in [0.2, 0.25) is 0 Å². The highest BCUT2D eigenvalue weighted by molar-refractivity contribution is 5.70. The van der Waals surface area contributed by atoms with Crippen LogP contribution in [-0.2, 0) is 11.2 Å². The summed E-state index contributed by atoms with van der Waals surface area (Å²) in [4.78, 5) is 10.9. The van der Waals surface area contributed by atoms with Crippen molar-refractivity contribution < 1.29 is 23.4 Å². The molecule has 0 saturated heterocycles. The van der Waals surface area contributed by atoms with E-state index >= 15 is 0 Å². The number of benzene rings is 2. The van der Waals surface area contributed by atoms with Crippen LogP contribution in [0.4, 0.5) is 14.5 Å². The Kier molecular flexibility index (Phi) is 5.69. The third-order valence-electron chi connectivity index (χ3n) is 4.39. The molecule has 2 aromatic rings. The Bertz CT molecular complexity index is 819. The normalized spacial score (nSPS) is 17.1. The zero-order chi connectivity index (χ0) is 19.4. The number of hydrogen-bond acceptors (Lipinski definition) is 4. The first kappa shape index (κ1) is 18.8. The van der Waals surface area contributed by atoms with Crippen LogP contribution >= 0.6 is 0 Å². The van der Waals surface area contributed by atoms with Gasteiger partial charge >= 0.3 is 5.97 Å². The van der Waals surface area contributed by atoms with E-state index in [0.717, 1.165) is 17.8 Å². The Morgan fingerprint density at radius 3 is 2.59 bits per heavy atom. The number of carboxylic acids is 1. The van der Waals surface area contributed by atoms with Gasteiger partial charge in [-0.15, -0.1) is 0 Å². The predicted molar refractivity (Wildman–Crippen MR) is 98.2 cm³/mol. The van der Waals surface area contributed by atoms with Crippen LogP contribution in [0.1, 0.15) is 18.9 Å². The molecule has 0 fully saturated rings. The Balaban J connectivity index is 1.68. The molecule has 2 aromatic carbocycles. The van der Waals surface area contributed by atoms with Crippen LogP contribution in [-0.4, -0.2) is 29.9 Å². The van der Waals surface area contributed by atoms with E-state index in [-0.39, 0.29) is 24.6 Å². The number of carbonyl (C=O) groups is 1. The maximum atomic E-state index is 14.3. The van der Waals surface area contributed by atoms with Gasteiger partial charge in [-0.1, -0.05) is 25.1 Å². The van der Waals surface area contributed by atoms with Crippen molar-refractivity contribution in [2.24, 2.45) is 11.0 Å². The number of rotatable bonds is 7. The first-order valence-electron chi connectivity index (χ1n) is 8.66. The minimum atomic E-state index is -1.02. The van der Waals surface area contributed by atoms with Gasteiger partial charge < -0.3 is 9.84 Å². The van der Waals surface area contributed by atoms with Gasteiger partial charge in [0.2, 0.25) is 0 Å². The molecule has 142 valence electrons. The average Bonchev–Trinajstić information content (AvgIpc) is 3.10. The van der Waals surface area contributed by atoms with Crippen molar-refractivity contribution in [2.75, 3.05) is 11.6 Å². The average molecular weight is 374 g/mol. The first-order chi connectivity index (χ1) is 13.0. The Hall–Kier alpha value is -2.96. The van der Waals surface area contributed by atoms with Crippen molar-refractivity contribution in [1.82, 2.24) is 0 Å². The van der Waals surface area contributed by atoms with Crippen LogP contribution in [0.5, 0.6) is 5.75 Å². The van der Waals surface area contributed by atoms with Crippen molar-refractivity contribution in [3.05, 3.63) is 59.7 Å². The number of halogens is 2. The van der Waals surface area contributed by atoms with Crippen LogP contribution < -0.4 is 9.75 Å². The summed E-state index contributed by atoms with van der Waals surface area (Å²) in [6.45, 7) is 1.55. The molecule has 5 nitrogen and oxygen atoms in total. The summed E-state index contributed by atoms with van der Waals surface area (Å²) in [6.07, 6.45) is 2.39. The topological polar surface area (TPSA) is 62.1 Å². The molecule has 2 atom stereocenters. The van der Waals surface area contributed by atoms with E-state index < -0.39 is 29.3 Å². The number of hydrazone groups is 1. The lowest BCUT2D eigenvalue weighted by Crippen LogP contribution is -2.32. The summed E-state index contributed by atoms with van der Waals surface area (Å²) < 4.78 is 34.0. The Labute approximate surface area is 155 Å². The smallest absolute Gasteiger partial charge is 0.306 e. The van der Waals surface area contributed by atoms with Gasteiger partial charge in [0.15, 0.2) is 17.4 Å². The second kappa shape index (κ2) is 8.16. The second-order valence-corrected chi connectivity index (χ2v) is 6.51. The predicted octanol–water partition coefficient (Wildman–Crippen LogP) is 3.87. The van der Waals surface area contributed by atoms with E-state index in [1.165, 1.54) is 6.92 Å². The lowest BCUT2D eigenvalue weighted by Gasteiger charge is -2.24. The molecular weight excluding hydrogens is 354 g/mol. The van der Waals surface area contributed by atoms with E-state index in [9.17, 15) is 13.6 Å². The summed E-state index contributed by atoms with van der Waals surface area (Å²) in [5.74, 6) is -3.88. The van der Waals surface area contributed by atoms with Crippen molar-refractivity contribution >= 4 is 17.9 Å². The molecular formula is C20H20F2N2O3. The lowest BCUT2D eigenvalue weighted by atomic mass is 10.0. The number of carboxylic acid groups (broad SMARTS) is 1. The fraction of sp³-hybridized carbons (Fsp3) is 0.300. The van der Waals surface area contributed by atoms with Crippen LogP contribution in [0.3, 0.4) is 0 Å². The lowest BCUT2D eigenvalue weighted by molar-refractivity contribution is -0.141. The van der Waals surface area contributed by atoms with Gasteiger partial charge in [0.25, 0.3) is 0 Å². The van der Waals surface area contributed by atoms with Gasteiger partial charge in [-0.25, -0.2) is 8.78 Å². The molecule has 0 radical (unpaired) electrons. The standard InChI is InChI=1S/C20H20F2N2O3/c1-13(20(25)26)9-14-10-17(21)19(18(22)11-14)27-12-16-7-8-23-24(16)15-5-3-2-4-6-15/h2-6,8,10-11,13,16H,7,9,12H2,1H3,(H,25,26). The van der Waals surface area contributed by atoms with Gasteiger partial charge in [-0.05, 0) is 36.2 Å². The number of ether oxygens (including phenoxy) is 1. The number of anilines is 1. The first-order valence-corrected chi connectivity index (χ1v) is 8.66. The molecule has 1 aliphatic rings. The maximum Gasteiger partial charge on any atom is 0.306 e. The monoisotopic (exact) mass is 374 g/mol. The number of hydrogen-bond donors (Lipinski definition) is 1. The fourth-order valence-electron chi connectivity index (χ4n) is 2.94. The van der Waals surface area contributed by atoms with Gasteiger partial charge in [0.1, 0.15) is 6.61 Å². The second-order valence-electron chi connectivity index (χ2n) is 6.51. The third kappa shape index (κ3) is 4.42. The van der Waals surface area contributed by atoms with E-state index in [1.807, 2.05) is 30.3 Å². The van der Waals surface area contributed by atoms with Crippen LogP contribution in [0.15, 0.2) is 47.6 Å². The van der Waals surface area contributed by atoms with E-state index in [0.29, 0.717) is 6.42 Å². The van der Waals surface area contributed by atoms with Crippen molar-refractivity contribution in [1.29, 1.82) is 0 Å². The molecule has 0 bridgehead atoms. The van der Waals surface area contributed by atoms with Crippen LogP contribution in [0.25, 0.3) is 0 Å². The zero-order valence-corrected chi connectivity index (χ0v) is 14.8. The zero-order valence-electron chi connectivity index (χ0n) is 14.8. The summed E-state index contributed by atoms with van der Waals surface area (Å²) in [5, 5.41) is 15.0. The molecule has 2 unspecified atom stereocenters. The number of para-hydroxylation sites is 1. The maximum absolute atomic E-state index is 14.3. The summed E-state index contributed by atoms with van der Waals surface area (Å²) in [6, 6.07) is 11.5. The molecule has 1 N–H and O–H groups in total. The SMILES string of the molecule is CC(Cc1cc(F)c(OCC2CC=NN2c2ccccc2)c(F)c1)C(=O)O. The molecule has 0 spiro atoms. The quantitative estimate of drug-likeness (QED) is 0.799. The largest absolute Gasteiger partial charge is 0.485 e. The highest BCUT2D eigenvalue weighted by atomic mass is 19.1. The fourth-order valence-corrected chi connectivity index (χ4v) is 2.94. The van der Waals surface area contributed by atoms with E-state index in [2.05, 4.69) is 5.10 Å². The van der Waals surface area contributed by atoms with Crippen molar-refractivity contribution in [3.63, 3.8) is 0 Å². The Morgan fingerprint density at radius 1 is 1.30 bits per heavy atom. The molecule has 1 heterocycles. The highest BCUT2D eigenvalue weighted by Gasteiger charge is 2.24. The third-order valence-corrected chi connectivity index (χ3v) is 4.39. The summed E-state index contributed by atoms with van der Waals surface area (Å²) in [5.41, 5.74) is 1.15. The molecule has 1 aliphatic heterocycles. The van der Waals surface area contributed by atoms with Gasteiger partial charge in [0.05, 0.1) is 17.6 Å². The molecule has 0 saturated carbocycles. The molecule has 0 amide bonds. The summed E-state index contributed by atoms with van der Waals surface area (Å²) in [7, 11) is 0.